The first-order valence-corrected chi connectivity index (χ1v) is 8.52. The van der Waals surface area contributed by atoms with E-state index in [1.165, 1.54) is 18.4 Å². The first-order valence-electron chi connectivity index (χ1n) is 8.52. The molecule has 1 aliphatic carbocycles. The zero-order valence-electron chi connectivity index (χ0n) is 13.9. The Kier molecular flexibility index (Phi) is 3.81. The van der Waals surface area contributed by atoms with Gasteiger partial charge in [0.05, 0.1) is 10.9 Å². The fraction of sp³-hybridized carbons (Fsp3) is 0.300. The number of aromatic hydroxyl groups is 1. The van der Waals surface area contributed by atoms with Crippen LogP contribution < -0.4 is 15.5 Å². The number of benzene rings is 1. The highest BCUT2D eigenvalue weighted by molar-refractivity contribution is 5.66. The average molecular weight is 319 g/mol. The third kappa shape index (κ3) is 2.68. The Hall–Kier alpha value is -2.62. The van der Waals surface area contributed by atoms with Gasteiger partial charge in [-0.2, -0.15) is 0 Å². The maximum absolute atomic E-state index is 10.2. The first kappa shape index (κ1) is 14.9. The lowest BCUT2D eigenvalue weighted by Crippen LogP contribution is -2.37. The highest BCUT2D eigenvalue weighted by Crippen LogP contribution is 2.26. The summed E-state index contributed by atoms with van der Waals surface area (Å²) in [7, 11) is 0. The van der Waals surface area contributed by atoms with E-state index in [0.29, 0.717) is 11.4 Å². The van der Waals surface area contributed by atoms with Gasteiger partial charge in [-0.3, -0.25) is 0 Å². The molecule has 0 radical (unpaired) electrons. The predicted molar refractivity (Wildman–Crippen MR) is 97.1 cm³/mol. The predicted octanol–water partition coefficient (Wildman–Crippen LogP) is 2.36. The largest absolute Gasteiger partial charge is 0.507 e. The molecule has 0 atom stereocenters. The van der Waals surface area contributed by atoms with Crippen LogP contribution in [0.15, 0.2) is 35.9 Å². The van der Waals surface area contributed by atoms with Crippen molar-refractivity contribution < 1.29 is 5.11 Å². The fourth-order valence-corrected chi connectivity index (χ4v) is 3.37. The lowest BCUT2D eigenvalue weighted by atomic mass is 10.2. The van der Waals surface area contributed by atoms with E-state index in [0.717, 1.165) is 35.9 Å². The van der Waals surface area contributed by atoms with Crippen LogP contribution >= 0.6 is 0 Å². The van der Waals surface area contributed by atoms with E-state index >= 15 is 0 Å². The maximum Gasteiger partial charge on any atom is 0.165 e. The van der Waals surface area contributed by atoms with Crippen LogP contribution in [0.5, 0.6) is 5.75 Å². The summed E-state index contributed by atoms with van der Waals surface area (Å²) in [5.74, 6) is 1.80. The van der Waals surface area contributed by atoms with Crippen molar-refractivity contribution in [1.29, 1.82) is 0 Å². The molecule has 24 heavy (non-hydrogen) atoms. The smallest absolute Gasteiger partial charge is 0.165 e. The van der Waals surface area contributed by atoms with Crippen LogP contribution in [0.4, 0.5) is 5.82 Å². The van der Waals surface area contributed by atoms with Gasteiger partial charge in [-0.15, -0.1) is 0 Å². The third-order valence-electron chi connectivity index (χ3n) is 4.63. The van der Waals surface area contributed by atoms with Crippen molar-refractivity contribution in [3.63, 3.8) is 0 Å². The number of fused-ring (bicyclic) bond motifs is 1. The number of nitrogens with zero attached hydrogens (tertiary/aromatic N) is 3. The zero-order chi connectivity index (χ0) is 16.5. The van der Waals surface area contributed by atoms with Gasteiger partial charge in [0.25, 0.3) is 0 Å². The summed E-state index contributed by atoms with van der Waals surface area (Å²) in [6.45, 7) is 4.16. The molecule has 2 aliphatic rings. The molecule has 1 N–H and O–H groups in total. The molecule has 1 saturated heterocycles. The quantitative estimate of drug-likeness (QED) is 0.923. The normalized spacial score (nSPS) is 16.7. The van der Waals surface area contributed by atoms with Gasteiger partial charge >= 0.3 is 0 Å². The minimum Gasteiger partial charge on any atom is -0.507 e. The van der Waals surface area contributed by atoms with Crippen LogP contribution in [0.3, 0.4) is 0 Å². The summed E-state index contributed by atoms with van der Waals surface area (Å²) in [5.41, 5.74) is 1.89. The number of phenols is 1. The van der Waals surface area contributed by atoms with E-state index in [-0.39, 0.29) is 5.75 Å². The minimum absolute atomic E-state index is 0.217. The number of anilines is 1. The SMILES string of the molecule is CC1=CCC=c2c(N3CCCC3)nc(-c3ccccc3O)nc2=C1. The minimum atomic E-state index is 0.217. The summed E-state index contributed by atoms with van der Waals surface area (Å²) in [4.78, 5) is 11.9. The number of para-hydroxylation sites is 1. The van der Waals surface area contributed by atoms with Gasteiger partial charge in [0, 0.05) is 18.3 Å². The molecule has 0 bridgehead atoms. The summed E-state index contributed by atoms with van der Waals surface area (Å²) in [5, 5.41) is 12.3. The summed E-state index contributed by atoms with van der Waals surface area (Å²) in [6, 6.07) is 7.27. The highest BCUT2D eigenvalue weighted by Gasteiger charge is 2.18. The molecule has 1 aliphatic heterocycles. The number of aromatic nitrogens is 2. The standard InChI is InChI=1S/C20H21N3O/c1-14-7-6-9-15-17(13-14)21-19(16-8-2-3-10-18(16)24)22-20(15)23-11-4-5-12-23/h2-3,7-10,13,24H,4-6,11-12H2,1H3. The number of hydrogen-bond donors (Lipinski definition) is 1. The van der Waals surface area contributed by atoms with Gasteiger partial charge < -0.3 is 10.0 Å². The van der Waals surface area contributed by atoms with Crippen LogP contribution in [0.2, 0.25) is 0 Å². The van der Waals surface area contributed by atoms with Gasteiger partial charge in [-0.25, -0.2) is 9.97 Å². The Morgan fingerprint density at radius 2 is 1.83 bits per heavy atom. The molecular weight excluding hydrogens is 298 g/mol. The molecule has 4 nitrogen and oxygen atoms in total. The van der Waals surface area contributed by atoms with Crippen LogP contribution in [-0.2, 0) is 0 Å². The van der Waals surface area contributed by atoms with E-state index in [4.69, 9.17) is 9.97 Å². The Morgan fingerprint density at radius 1 is 1.04 bits per heavy atom. The summed E-state index contributed by atoms with van der Waals surface area (Å²) in [6.07, 6.45) is 9.83. The number of phenolic OH excluding ortho intramolecular Hbond substituents is 1. The molecule has 4 rings (SSSR count). The van der Waals surface area contributed by atoms with E-state index in [1.54, 1.807) is 6.07 Å². The molecule has 1 fully saturated rings. The molecule has 122 valence electrons. The highest BCUT2D eigenvalue weighted by atomic mass is 16.3. The average Bonchev–Trinajstić information content (AvgIpc) is 3.04. The van der Waals surface area contributed by atoms with Gasteiger partial charge in [0.2, 0.25) is 0 Å². The summed E-state index contributed by atoms with van der Waals surface area (Å²) < 4.78 is 0. The third-order valence-corrected chi connectivity index (χ3v) is 4.63. The van der Waals surface area contributed by atoms with Crippen molar-refractivity contribution in [3.8, 4) is 17.1 Å². The van der Waals surface area contributed by atoms with Crippen LogP contribution in [0.25, 0.3) is 23.5 Å². The fourth-order valence-electron chi connectivity index (χ4n) is 3.37. The second-order valence-corrected chi connectivity index (χ2v) is 6.41. The Bertz CT molecular complexity index is 924. The Labute approximate surface area is 141 Å². The van der Waals surface area contributed by atoms with Gasteiger partial charge in [0.15, 0.2) is 5.82 Å². The van der Waals surface area contributed by atoms with E-state index in [2.05, 4.69) is 30.1 Å². The van der Waals surface area contributed by atoms with Gasteiger partial charge in [-0.05, 0) is 44.4 Å². The number of allylic oxidation sites excluding steroid dienone is 2. The molecule has 0 amide bonds. The van der Waals surface area contributed by atoms with E-state index in [9.17, 15) is 5.11 Å². The lowest BCUT2D eigenvalue weighted by Gasteiger charge is -2.18. The number of hydrogen-bond acceptors (Lipinski definition) is 4. The molecule has 0 saturated carbocycles. The molecular formula is C20H21N3O. The van der Waals surface area contributed by atoms with Crippen LogP contribution in [0.1, 0.15) is 26.2 Å². The molecule has 1 aromatic heterocycles. The van der Waals surface area contributed by atoms with E-state index < -0.39 is 0 Å². The topological polar surface area (TPSA) is 49.2 Å². The molecule has 2 heterocycles. The van der Waals surface area contributed by atoms with Crippen molar-refractivity contribution in [2.24, 2.45) is 0 Å². The maximum atomic E-state index is 10.2. The van der Waals surface area contributed by atoms with Crippen molar-refractivity contribution >= 4 is 18.0 Å². The molecule has 1 aromatic carbocycles. The summed E-state index contributed by atoms with van der Waals surface area (Å²) >= 11 is 0. The van der Waals surface area contributed by atoms with Crippen molar-refractivity contribution in [2.45, 2.75) is 26.2 Å². The molecule has 0 unspecified atom stereocenters. The lowest BCUT2D eigenvalue weighted by molar-refractivity contribution is 0.477. The molecule has 0 spiro atoms. The zero-order valence-corrected chi connectivity index (χ0v) is 13.9. The monoisotopic (exact) mass is 319 g/mol. The van der Waals surface area contributed by atoms with Crippen molar-refractivity contribution in [1.82, 2.24) is 9.97 Å². The Morgan fingerprint density at radius 3 is 2.62 bits per heavy atom. The van der Waals surface area contributed by atoms with Gasteiger partial charge in [-0.1, -0.05) is 29.9 Å². The van der Waals surface area contributed by atoms with E-state index in [1.807, 2.05) is 18.2 Å². The Balaban J connectivity index is 1.99. The van der Waals surface area contributed by atoms with Crippen molar-refractivity contribution in [3.05, 3.63) is 46.5 Å². The molecule has 4 heteroatoms. The first-order chi connectivity index (χ1) is 11.7. The molecule has 2 aromatic rings. The number of rotatable bonds is 2. The van der Waals surface area contributed by atoms with Gasteiger partial charge in [0.1, 0.15) is 11.6 Å². The second kappa shape index (κ2) is 6.11. The van der Waals surface area contributed by atoms with Crippen LogP contribution in [-0.4, -0.2) is 28.2 Å². The second-order valence-electron chi connectivity index (χ2n) is 6.41. The van der Waals surface area contributed by atoms with Crippen molar-refractivity contribution in [2.75, 3.05) is 18.0 Å². The van der Waals surface area contributed by atoms with Crippen LogP contribution in [0, 0.1) is 0 Å².